The first kappa shape index (κ1) is 20.2. The summed E-state index contributed by atoms with van der Waals surface area (Å²) >= 11 is 1.57. The Morgan fingerprint density at radius 1 is 1.13 bits per heavy atom. The third kappa shape index (κ3) is 4.09. The fourth-order valence-electron chi connectivity index (χ4n) is 3.43. The zero-order valence-electron chi connectivity index (χ0n) is 17.1. The van der Waals surface area contributed by atoms with Crippen molar-refractivity contribution in [2.24, 2.45) is 0 Å². The molecule has 0 aliphatic heterocycles. The van der Waals surface area contributed by atoms with E-state index in [1.807, 2.05) is 44.2 Å². The van der Waals surface area contributed by atoms with Crippen LogP contribution in [0.15, 0.2) is 75.6 Å². The van der Waals surface area contributed by atoms with Crippen LogP contribution in [0.3, 0.4) is 0 Å². The van der Waals surface area contributed by atoms with E-state index in [4.69, 9.17) is 4.42 Å². The minimum atomic E-state index is -0.330. The maximum absolute atomic E-state index is 12.1. The quantitative estimate of drug-likeness (QED) is 0.239. The third-order valence-corrected chi connectivity index (χ3v) is 6.20. The van der Waals surface area contributed by atoms with Gasteiger partial charge in [-0.2, -0.15) is 0 Å². The molecule has 0 amide bonds. The molecule has 0 aliphatic rings. The highest BCUT2D eigenvalue weighted by Crippen LogP contribution is 2.28. The molecule has 2 aromatic heterocycles. The summed E-state index contributed by atoms with van der Waals surface area (Å²) in [6, 6.07) is 15.9. The first-order valence-corrected chi connectivity index (χ1v) is 10.8. The third-order valence-electron chi connectivity index (χ3n) is 5.18. The molecule has 4 rings (SSSR count). The van der Waals surface area contributed by atoms with Gasteiger partial charge in [0.15, 0.2) is 5.16 Å². The lowest BCUT2D eigenvalue weighted by Crippen LogP contribution is -2.05. The van der Waals surface area contributed by atoms with Gasteiger partial charge in [-0.3, -0.25) is 0 Å². The Morgan fingerprint density at radius 2 is 1.93 bits per heavy atom. The summed E-state index contributed by atoms with van der Waals surface area (Å²) in [5.41, 5.74) is 4.55. The summed E-state index contributed by atoms with van der Waals surface area (Å²) < 4.78 is 7.56. The molecule has 0 saturated heterocycles. The summed E-state index contributed by atoms with van der Waals surface area (Å²) in [6.07, 6.45) is 2.55. The molecule has 2 heterocycles. The molecule has 2 aromatic carbocycles. The van der Waals surface area contributed by atoms with Crippen LogP contribution in [-0.2, 0) is 18.7 Å². The highest BCUT2D eigenvalue weighted by Gasteiger charge is 2.15. The van der Waals surface area contributed by atoms with Crippen LogP contribution >= 0.6 is 11.8 Å². The average molecular weight is 418 g/mol. The van der Waals surface area contributed by atoms with Crippen molar-refractivity contribution in [2.75, 3.05) is 0 Å². The van der Waals surface area contributed by atoms with Gasteiger partial charge in [0.25, 0.3) is 0 Å². The molecule has 4 aromatic rings. The van der Waals surface area contributed by atoms with Crippen LogP contribution in [0, 0.1) is 13.8 Å². The van der Waals surface area contributed by atoms with E-state index in [0.717, 1.165) is 33.1 Å². The van der Waals surface area contributed by atoms with Gasteiger partial charge in [0.05, 0.1) is 0 Å². The minimum absolute atomic E-state index is 0.330. The molecule has 30 heavy (non-hydrogen) atoms. The van der Waals surface area contributed by atoms with Crippen LogP contribution in [-0.4, -0.2) is 14.8 Å². The van der Waals surface area contributed by atoms with Crippen LogP contribution in [0.5, 0.6) is 0 Å². The molecule has 0 aliphatic carbocycles. The van der Waals surface area contributed by atoms with E-state index in [1.165, 1.54) is 5.56 Å². The second-order valence-electron chi connectivity index (χ2n) is 7.22. The van der Waals surface area contributed by atoms with E-state index >= 15 is 0 Å². The molecule has 0 saturated carbocycles. The van der Waals surface area contributed by atoms with E-state index in [2.05, 4.69) is 39.5 Å². The van der Waals surface area contributed by atoms with Gasteiger partial charge < -0.3 is 8.98 Å². The van der Waals surface area contributed by atoms with Gasteiger partial charge >= 0.3 is 5.63 Å². The lowest BCUT2D eigenvalue weighted by Gasteiger charge is -2.10. The standard InChI is InChI=1S/C24H23N3O2S/c1-4-12-27-21(13-18-8-6-5-7-9-18)25-26-24(27)30-15-19-14-22(28)29-23-17(3)16(2)10-11-20(19)23/h4-11,14H,1,12-13,15H2,2-3H3. The Bertz CT molecular complexity index is 1260. The number of thioether (sulfide) groups is 1. The second-order valence-corrected chi connectivity index (χ2v) is 8.17. The van der Waals surface area contributed by atoms with Crippen LogP contribution < -0.4 is 5.63 Å². The number of hydrogen-bond acceptors (Lipinski definition) is 5. The zero-order chi connectivity index (χ0) is 21.1. The largest absolute Gasteiger partial charge is 0.422 e. The molecule has 5 nitrogen and oxygen atoms in total. The molecule has 0 unspecified atom stereocenters. The van der Waals surface area contributed by atoms with Crippen LogP contribution in [0.25, 0.3) is 11.0 Å². The van der Waals surface area contributed by atoms with Crippen LogP contribution in [0.2, 0.25) is 0 Å². The predicted molar refractivity (Wildman–Crippen MR) is 121 cm³/mol. The molecular formula is C24H23N3O2S. The van der Waals surface area contributed by atoms with Gasteiger partial charge in [-0.1, -0.05) is 60.3 Å². The first-order valence-electron chi connectivity index (χ1n) is 9.79. The molecule has 0 fully saturated rings. The molecule has 0 radical (unpaired) electrons. The number of benzene rings is 2. The summed E-state index contributed by atoms with van der Waals surface area (Å²) in [7, 11) is 0. The molecular weight excluding hydrogens is 394 g/mol. The Kier molecular flexibility index (Phi) is 5.86. The number of aryl methyl sites for hydroxylation is 2. The highest BCUT2D eigenvalue weighted by atomic mass is 32.2. The molecule has 0 atom stereocenters. The lowest BCUT2D eigenvalue weighted by molar-refractivity contribution is 0.557. The number of rotatable bonds is 7. The lowest BCUT2D eigenvalue weighted by atomic mass is 10.0. The van der Waals surface area contributed by atoms with Gasteiger partial charge in [0.1, 0.15) is 11.4 Å². The van der Waals surface area contributed by atoms with Gasteiger partial charge in [-0.15, -0.1) is 16.8 Å². The van der Waals surface area contributed by atoms with Crippen molar-refractivity contribution >= 4 is 22.7 Å². The number of allylic oxidation sites excluding steroid dienone is 1. The maximum Gasteiger partial charge on any atom is 0.336 e. The fourth-order valence-corrected chi connectivity index (χ4v) is 4.39. The van der Waals surface area contributed by atoms with Gasteiger partial charge in [0, 0.05) is 30.2 Å². The molecule has 152 valence electrons. The van der Waals surface area contributed by atoms with Crippen molar-refractivity contribution in [2.45, 2.75) is 37.7 Å². The van der Waals surface area contributed by atoms with Crippen molar-refractivity contribution in [3.63, 3.8) is 0 Å². The van der Waals surface area contributed by atoms with Crippen LogP contribution in [0.1, 0.15) is 28.1 Å². The summed E-state index contributed by atoms with van der Waals surface area (Å²) in [6.45, 7) is 8.50. The normalized spacial score (nSPS) is 11.1. The topological polar surface area (TPSA) is 60.9 Å². The Balaban J connectivity index is 1.63. The molecule has 0 N–H and O–H groups in total. The fraction of sp³-hybridized carbons (Fsp3) is 0.208. The Morgan fingerprint density at radius 3 is 2.70 bits per heavy atom. The predicted octanol–water partition coefficient (Wildman–Crippen LogP) is 5.07. The Hall–Kier alpha value is -3.12. The van der Waals surface area contributed by atoms with Crippen molar-refractivity contribution in [3.05, 3.63) is 99.7 Å². The van der Waals surface area contributed by atoms with Crippen molar-refractivity contribution in [1.82, 2.24) is 14.8 Å². The van der Waals surface area contributed by atoms with Crippen LogP contribution in [0.4, 0.5) is 0 Å². The van der Waals surface area contributed by atoms with Crippen molar-refractivity contribution < 1.29 is 4.42 Å². The van der Waals surface area contributed by atoms with E-state index in [9.17, 15) is 4.79 Å². The smallest absolute Gasteiger partial charge is 0.336 e. The van der Waals surface area contributed by atoms with E-state index in [1.54, 1.807) is 17.8 Å². The summed E-state index contributed by atoms with van der Waals surface area (Å²) in [5, 5.41) is 10.6. The molecule has 0 spiro atoms. The van der Waals surface area contributed by atoms with Gasteiger partial charge in [-0.05, 0) is 36.1 Å². The Labute approximate surface area is 179 Å². The van der Waals surface area contributed by atoms with Gasteiger partial charge in [-0.25, -0.2) is 4.79 Å². The summed E-state index contributed by atoms with van der Waals surface area (Å²) in [5.74, 6) is 1.50. The minimum Gasteiger partial charge on any atom is -0.422 e. The average Bonchev–Trinajstić information content (AvgIpc) is 3.11. The van der Waals surface area contributed by atoms with E-state index < -0.39 is 0 Å². The first-order chi connectivity index (χ1) is 14.6. The monoisotopic (exact) mass is 417 g/mol. The summed E-state index contributed by atoms with van der Waals surface area (Å²) in [4.78, 5) is 12.1. The van der Waals surface area contributed by atoms with Gasteiger partial charge in [0.2, 0.25) is 0 Å². The van der Waals surface area contributed by atoms with E-state index in [0.29, 0.717) is 24.3 Å². The number of hydrogen-bond donors (Lipinski definition) is 0. The number of aromatic nitrogens is 3. The zero-order valence-corrected chi connectivity index (χ0v) is 17.9. The van der Waals surface area contributed by atoms with Crippen molar-refractivity contribution in [3.8, 4) is 0 Å². The number of nitrogens with zero attached hydrogens (tertiary/aromatic N) is 3. The highest BCUT2D eigenvalue weighted by molar-refractivity contribution is 7.98. The van der Waals surface area contributed by atoms with E-state index in [-0.39, 0.29) is 5.63 Å². The van der Waals surface area contributed by atoms with Crippen molar-refractivity contribution in [1.29, 1.82) is 0 Å². The molecule has 0 bridgehead atoms. The molecule has 6 heteroatoms. The second kappa shape index (κ2) is 8.71. The SMILES string of the molecule is C=CCn1c(Cc2ccccc2)nnc1SCc1cc(=O)oc2c(C)c(C)ccc12. The number of fused-ring (bicyclic) bond motifs is 1. The maximum atomic E-state index is 12.1.